The normalized spacial score (nSPS) is 17.5. The first-order valence-corrected chi connectivity index (χ1v) is 10.4. The Bertz CT molecular complexity index is 1210. The van der Waals surface area contributed by atoms with E-state index in [1.807, 2.05) is 0 Å². The molecule has 1 atom stereocenters. The van der Waals surface area contributed by atoms with Crippen LogP contribution in [0.15, 0.2) is 77.0 Å². The van der Waals surface area contributed by atoms with Gasteiger partial charge in [-0.05, 0) is 42.0 Å². The predicted molar refractivity (Wildman–Crippen MR) is 123 cm³/mol. The van der Waals surface area contributed by atoms with Crippen LogP contribution in [0.1, 0.15) is 17.2 Å². The molecule has 0 aliphatic carbocycles. The van der Waals surface area contributed by atoms with E-state index < -0.39 is 17.7 Å². The fourth-order valence-electron chi connectivity index (χ4n) is 3.70. The molecule has 1 N–H and O–H groups in total. The summed E-state index contributed by atoms with van der Waals surface area (Å²) in [5.41, 5.74) is 1.41. The zero-order valence-corrected chi connectivity index (χ0v) is 18.9. The minimum Gasteiger partial charge on any atom is -0.507 e. The van der Waals surface area contributed by atoms with Gasteiger partial charge in [0.2, 0.25) is 0 Å². The van der Waals surface area contributed by atoms with E-state index in [1.165, 1.54) is 25.3 Å². The van der Waals surface area contributed by atoms with Crippen molar-refractivity contribution >= 4 is 39.1 Å². The SMILES string of the molecule is COc1ccc(C2/C(=C(\O)c3ccc(Br)cc3)C(=O)C(=O)N2c2cccnc2)cc1OC. The summed E-state index contributed by atoms with van der Waals surface area (Å²) in [6.45, 7) is 0. The van der Waals surface area contributed by atoms with E-state index in [0.29, 0.717) is 28.3 Å². The molecule has 1 aromatic heterocycles. The Kier molecular flexibility index (Phi) is 5.96. The van der Waals surface area contributed by atoms with Gasteiger partial charge in [-0.3, -0.25) is 19.5 Å². The number of ketones is 1. The van der Waals surface area contributed by atoms with Crippen LogP contribution in [-0.4, -0.2) is 36.0 Å². The summed E-state index contributed by atoms with van der Waals surface area (Å²) in [6, 6.07) is 14.4. The average molecular weight is 495 g/mol. The van der Waals surface area contributed by atoms with E-state index in [4.69, 9.17) is 9.47 Å². The molecule has 1 amide bonds. The molecule has 2 heterocycles. The Labute approximate surface area is 193 Å². The Hall–Kier alpha value is -3.65. The molecule has 4 rings (SSSR count). The molecule has 162 valence electrons. The second-order valence-corrected chi connectivity index (χ2v) is 7.92. The summed E-state index contributed by atoms with van der Waals surface area (Å²) in [6.07, 6.45) is 3.08. The van der Waals surface area contributed by atoms with Crippen LogP contribution < -0.4 is 14.4 Å². The summed E-state index contributed by atoms with van der Waals surface area (Å²) < 4.78 is 11.5. The summed E-state index contributed by atoms with van der Waals surface area (Å²) in [5, 5.41) is 11.1. The number of nitrogens with zero attached hydrogens (tertiary/aromatic N) is 2. The highest BCUT2D eigenvalue weighted by atomic mass is 79.9. The van der Waals surface area contributed by atoms with Gasteiger partial charge in [-0.25, -0.2) is 0 Å². The number of aliphatic hydroxyl groups is 1. The van der Waals surface area contributed by atoms with Crippen LogP contribution in [0.4, 0.5) is 5.69 Å². The van der Waals surface area contributed by atoms with Crippen LogP contribution in [0.3, 0.4) is 0 Å². The molecule has 1 aliphatic heterocycles. The van der Waals surface area contributed by atoms with Crippen LogP contribution in [-0.2, 0) is 9.59 Å². The van der Waals surface area contributed by atoms with Crippen molar-refractivity contribution in [2.45, 2.75) is 6.04 Å². The van der Waals surface area contributed by atoms with Crippen LogP contribution in [0, 0.1) is 0 Å². The number of aromatic nitrogens is 1. The Morgan fingerprint density at radius 3 is 2.38 bits per heavy atom. The Morgan fingerprint density at radius 2 is 1.75 bits per heavy atom. The Morgan fingerprint density at radius 1 is 1.03 bits per heavy atom. The molecule has 8 heteroatoms. The number of hydrogen-bond donors (Lipinski definition) is 1. The van der Waals surface area contributed by atoms with E-state index in [0.717, 1.165) is 4.47 Å². The maximum atomic E-state index is 13.1. The second-order valence-electron chi connectivity index (χ2n) is 7.00. The molecule has 0 spiro atoms. The summed E-state index contributed by atoms with van der Waals surface area (Å²) in [5.74, 6) is -0.861. The highest BCUT2D eigenvalue weighted by Gasteiger charge is 2.47. The van der Waals surface area contributed by atoms with Gasteiger partial charge in [0.05, 0.1) is 37.7 Å². The number of anilines is 1. The summed E-state index contributed by atoms with van der Waals surface area (Å²) in [4.78, 5) is 31.7. The molecule has 0 saturated carbocycles. The minimum absolute atomic E-state index is 0.0200. The number of halogens is 1. The third kappa shape index (κ3) is 3.73. The van der Waals surface area contributed by atoms with Gasteiger partial charge in [0.25, 0.3) is 11.7 Å². The number of rotatable bonds is 5. The van der Waals surface area contributed by atoms with Crippen molar-refractivity contribution in [1.29, 1.82) is 0 Å². The third-order valence-corrected chi connectivity index (χ3v) is 5.74. The standard InChI is InChI=1S/C24H19BrN2O5/c1-31-18-10-7-15(12-19(18)32-2)21-20(22(28)14-5-8-16(25)9-6-14)23(29)24(30)27(21)17-4-3-11-26-13-17/h3-13,21,28H,1-2H3/b22-20+. The van der Waals surface area contributed by atoms with Crippen molar-refractivity contribution < 1.29 is 24.2 Å². The molecule has 1 fully saturated rings. The smallest absolute Gasteiger partial charge is 0.300 e. The molecule has 2 aromatic carbocycles. The lowest BCUT2D eigenvalue weighted by molar-refractivity contribution is -0.132. The van der Waals surface area contributed by atoms with Crippen LogP contribution >= 0.6 is 15.9 Å². The van der Waals surface area contributed by atoms with Gasteiger partial charge in [-0.2, -0.15) is 0 Å². The molecule has 32 heavy (non-hydrogen) atoms. The molecule has 1 unspecified atom stereocenters. The lowest BCUT2D eigenvalue weighted by atomic mass is 9.95. The van der Waals surface area contributed by atoms with E-state index in [2.05, 4.69) is 20.9 Å². The molecule has 0 radical (unpaired) electrons. The maximum absolute atomic E-state index is 13.1. The van der Waals surface area contributed by atoms with Gasteiger partial charge in [-0.1, -0.05) is 34.1 Å². The fraction of sp³-hybridized carbons (Fsp3) is 0.125. The predicted octanol–water partition coefficient (Wildman–Crippen LogP) is 4.49. The first-order valence-electron chi connectivity index (χ1n) is 9.65. The lowest BCUT2D eigenvalue weighted by Crippen LogP contribution is -2.29. The van der Waals surface area contributed by atoms with Crippen molar-refractivity contribution in [3.05, 3.63) is 88.2 Å². The van der Waals surface area contributed by atoms with Gasteiger partial charge < -0.3 is 14.6 Å². The molecule has 1 saturated heterocycles. The number of aliphatic hydroxyl groups excluding tert-OH is 1. The summed E-state index contributed by atoms with van der Waals surface area (Å²) in [7, 11) is 3.02. The number of carbonyl (C=O) groups is 2. The minimum atomic E-state index is -0.886. The van der Waals surface area contributed by atoms with E-state index >= 15 is 0 Å². The zero-order valence-electron chi connectivity index (χ0n) is 17.3. The largest absolute Gasteiger partial charge is 0.507 e. The number of Topliss-reactive ketones (excluding diaryl/α,β-unsaturated/α-hetero) is 1. The van der Waals surface area contributed by atoms with Crippen molar-refractivity contribution in [2.75, 3.05) is 19.1 Å². The van der Waals surface area contributed by atoms with Gasteiger partial charge in [0.1, 0.15) is 5.76 Å². The van der Waals surface area contributed by atoms with Crippen LogP contribution in [0.2, 0.25) is 0 Å². The molecule has 3 aromatic rings. The maximum Gasteiger partial charge on any atom is 0.300 e. The molecule has 7 nitrogen and oxygen atoms in total. The van der Waals surface area contributed by atoms with Crippen molar-refractivity contribution in [2.24, 2.45) is 0 Å². The number of amides is 1. The number of carbonyl (C=O) groups excluding carboxylic acids is 2. The van der Waals surface area contributed by atoms with E-state index in [1.54, 1.807) is 60.8 Å². The fourth-order valence-corrected chi connectivity index (χ4v) is 3.96. The van der Waals surface area contributed by atoms with Gasteiger partial charge in [-0.15, -0.1) is 0 Å². The van der Waals surface area contributed by atoms with Crippen molar-refractivity contribution in [1.82, 2.24) is 4.98 Å². The second kappa shape index (κ2) is 8.84. The summed E-state index contributed by atoms with van der Waals surface area (Å²) >= 11 is 3.36. The number of benzene rings is 2. The van der Waals surface area contributed by atoms with Crippen molar-refractivity contribution in [3.63, 3.8) is 0 Å². The molecular formula is C24H19BrN2O5. The molecule has 1 aliphatic rings. The highest BCUT2D eigenvalue weighted by Crippen LogP contribution is 2.43. The number of hydrogen-bond acceptors (Lipinski definition) is 6. The van der Waals surface area contributed by atoms with Gasteiger partial charge >= 0.3 is 0 Å². The third-order valence-electron chi connectivity index (χ3n) is 5.21. The Balaban J connectivity index is 1.96. The van der Waals surface area contributed by atoms with Crippen LogP contribution in [0.5, 0.6) is 11.5 Å². The average Bonchev–Trinajstić information content (AvgIpc) is 3.09. The number of methoxy groups -OCH3 is 2. The van der Waals surface area contributed by atoms with Gasteiger partial charge in [0, 0.05) is 16.2 Å². The van der Waals surface area contributed by atoms with Crippen LogP contribution in [0.25, 0.3) is 5.76 Å². The molecular weight excluding hydrogens is 476 g/mol. The molecule has 0 bridgehead atoms. The van der Waals surface area contributed by atoms with E-state index in [9.17, 15) is 14.7 Å². The van der Waals surface area contributed by atoms with E-state index in [-0.39, 0.29) is 11.3 Å². The topological polar surface area (TPSA) is 89.0 Å². The zero-order chi connectivity index (χ0) is 22.8. The van der Waals surface area contributed by atoms with Gasteiger partial charge in [0.15, 0.2) is 11.5 Å². The lowest BCUT2D eigenvalue weighted by Gasteiger charge is -2.25. The first-order chi connectivity index (χ1) is 15.5. The quantitative estimate of drug-likeness (QED) is 0.319. The highest BCUT2D eigenvalue weighted by molar-refractivity contribution is 9.10. The number of ether oxygens (including phenoxy) is 2. The first kappa shape index (κ1) is 21.6. The van der Waals surface area contributed by atoms with Crippen molar-refractivity contribution in [3.8, 4) is 11.5 Å². The monoisotopic (exact) mass is 494 g/mol. The number of pyridine rings is 1.